The van der Waals surface area contributed by atoms with Crippen LogP contribution in [-0.4, -0.2) is 31.3 Å². The number of ether oxygens (including phenoxy) is 2. The van der Waals surface area contributed by atoms with E-state index in [0.29, 0.717) is 16.9 Å². The number of anilines is 1. The Kier molecular flexibility index (Phi) is 8.05. The molecule has 0 fully saturated rings. The van der Waals surface area contributed by atoms with Crippen LogP contribution in [0.4, 0.5) is 19.0 Å². The molecule has 0 radical (unpaired) electrons. The minimum absolute atomic E-state index is 0.0408. The summed E-state index contributed by atoms with van der Waals surface area (Å²) in [6.45, 7) is 0.268. The van der Waals surface area contributed by atoms with Gasteiger partial charge >= 0.3 is 12.1 Å². The molecule has 10 heteroatoms. The third-order valence-electron chi connectivity index (χ3n) is 8.14. The van der Waals surface area contributed by atoms with E-state index in [1.54, 1.807) is 19.2 Å². The summed E-state index contributed by atoms with van der Waals surface area (Å²) in [6.07, 6.45) is -4.45. The quantitative estimate of drug-likeness (QED) is 0.172. The lowest BCUT2D eigenvalue weighted by atomic mass is 9.92. The number of esters is 1. The van der Waals surface area contributed by atoms with Gasteiger partial charge in [0.15, 0.2) is 6.04 Å². The van der Waals surface area contributed by atoms with Crippen molar-refractivity contribution in [2.75, 3.05) is 25.7 Å². The van der Waals surface area contributed by atoms with Gasteiger partial charge in [0, 0.05) is 18.5 Å². The Labute approximate surface area is 262 Å². The van der Waals surface area contributed by atoms with Gasteiger partial charge in [0.25, 0.3) is 5.56 Å². The van der Waals surface area contributed by atoms with Crippen molar-refractivity contribution in [3.05, 3.63) is 129 Å². The fraction of sp³-hybridized carbons (Fsp3) is 0.200. The number of benzene rings is 4. The molecule has 0 amide bonds. The van der Waals surface area contributed by atoms with Gasteiger partial charge in [-0.15, -0.1) is 0 Å². The van der Waals surface area contributed by atoms with Crippen LogP contribution >= 0.6 is 11.6 Å². The number of hydrogen-bond donors (Lipinski definition) is 0. The van der Waals surface area contributed by atoms with E-state index in [1.165, 1.54) is 17.7 Å². The van der Waals surface area contributed by atoms with Crippen molar-refractivity contribution in [1.29, 1.82) is 0 Å². The average Bonchev–Trinajstić information content (AvgIpc) is 3.41. The standard InChI is InChI=1S/C35H28ClF3N2O4/c1-44-26-14-5-8-21(16-26)19-40-20-29(34(43)45-2)41-32(40)30(24-12-7-13-25(17-24)35(37,38)39)28(31(36)33(41)42)18-23-11-6-10-22-9-3-4-15-27(22)23/h3-17,29H,18-20H2,1-2H3. The first-order chi connectivity index (χ1) is 21.6. The van der Waals surface area contributed by atoms with Crippen LogP contribution in [0.5, 0.6) is 5.75 Å². The molecule has 0 spiro atoms. The second-order valence-electron chi connectivity index (χ2n) is 10.8. The number of carbonyl (C=O) groups is 1. The van der Waals surface area contributed by atoms with E-state index >= 15 is 0 Å². The van der Waals surface area contributed by atoms with Crippen LogP contribution in [-0.2, 0) is 28.7 Å². The number of methoxy groups -OCH3 is 2. The molecule has 230 valence electrons. The average molecular weight is 633 g/mol. The first-order valence-electron chi connectivity index (χ1n) is 14.2. The molecule has 1 aliphatic heterocycles. The molecular weight excluding hydrogens is 605 g/mol. The van der Waals surface area contributed by atoms with Crippen LogP contribution < -0.4 is 15.2 Å². The maximum Gasteiger partial charge on any atom is 0.416 e. The van der Waals surface area contributed by atoms with Crippen molar-refractivity contribution < 1.29 is 27.4 Å². The summed E-state index contributed by atoms with van der Waals surface area (Å²) in [5, 5.41) is 1.72. The first kappa shape index (κ1) is 30.3. The molecule has 1 unspecified atom stereocenters. The van der Waals surface area contributed by atoms with Gasteiger partial charge in [-0.2, -0.15) is 13.2 Å². The SMILES string of the molecule is COC(=O)C1CN(Cc2cccc(OC)c2)c2c(-c3cccc(C(F)(F)F)c3)c(Cc3cccc4ccccc34)c(Cl)c(=O)n21. The van der Waals surface area contributed by atoms with Gasteiger partial charge in [-0.25, -0.2) is 4.79 Å². The van der Waals surface area contributed by atoms with Crippen molar-refractivity contribution in [3.8, 4) is 16.9 Å². The van der Waals surface area contributed by atoms with E-state index in [4.69, 9.17) is 21.1 Å². The number of aromatic nitrogens is 1. The Balaban J connectivity index is 1.65. The number of rotatable bonds is 7. The summed E-state index contributed by atoms with van der Waals surface area (Å²) < 4.78 is 53.7. The molecule has 0 N–H and O–H groups in total. The third-order valence-corrected chi connectivity index (χ3v) is 8.53. The Bertz CT molecular complexity index is 1980. The smallest absolute Gasteiger partial charge is 0.416 e. The number of alkyl halides is 3. The number of fused-ring (bicyclic) bond motifs is 2. The summed E-state index contributed by atoms with van der Waals surface area (Å²) >= 11 is 6.88. The van der Waals surface area contributed by atoms with Gasteiger partial charge in [0.2, 0.25) is 0 Å². The molecule has 1 atom stereocenters. The molecule has 1 aliphatic rings. The lowest BCUT2D eigenvalue weighted by Gasteiger charge is -2.25. The predicted octanol–water partition coefficient (Wildman–Crippen LogP) is 7.67. The molecule has 1 aromatic heterocycles. The number of hydrogen-bond acceptors (Lipinski definition) is 5. The molecule has 4 aromatic carbocycles. The van der Waals surface area contributed by atoms with E-state index < -0.39 is 29.3 Å². The van der Waals surface area contributed by atoms with Crippen LogP contribution in [0.25, 0.3) is 21.9 Å². The predicted molar refractivity (Wildman–Crippen MR) is 168 cm³/mol. The maximum atomic E-state index is 14.1. The van der Waals surface area contributed by atoms with Crippen LogP contribution in [0.1, 0.15) is 28.3 Å². The maximum absolute atomic E-state index is 14.1. The van der Waals surface area contributed by atoms with Gasteiger partial charge in [-0.1, -0.05) is 78.3 Å². The minimum atomic E-state index is -4.61. The van der Waals surface area contributed by atoms with Crippen molar-refractivity contribution in [1.82, 2.24) is 4.57 Å². The zero-order valence-corrected chi connectivity index (χ0v) is 25.2. The van der Waals surface area contributed by atoms with E-state index in [0.717, 1.165) is 34.0 Å². The molecule has 0 saturated heterocycles. The lowest BCUT2D eigenvalue weighted by molar-refractivity contribution is -0.144. The fourth-order valence-corrected chi connectivity index (χ4v) is 6.33. The topological polar surface area (TPSA) is 60.8 Å². The van der Waals surface area contributed by atoms with E-state index in [1.807, 2.05) is 65.6 Å². The summed E-state index contributed by atoms with van der Waals surface area (Å²) in [7, 11) is 2.77. The molecule has 45 heavy (non-hydrogen) atoms. The molecule has 0 bridgehead atoms. The molecular formula is C35H28ClF3N2O4. The van der Waals surface area contributed by atoms with E-state index in [9.17, 15) is 22.8 Å². The summed E-state index contributed by atoms with van der Waals surface area (Å²) in [6, 6.07) is 24.6. The Morgan fingerprint density at radius 3 is 2.44 bits per heavy atom. The summed E-state index contributed by atoms with van der Waals surface area (Å²) in [5.41, 5.74) is 1.10. The van der Waals surface area contributed by atoms with Crippen molar-refractivity contribution in [2.45, 2.75) is 25.2 Å². The largest absolute Gasteiger partial charge is 0.497 e. The highest BCUT2D eigenvalue weighted by molar-refractivity contribution is 6.32. The Morgan fingerprint density at radius 2 is 1.69 bits per heavy atom. The zero-order chi connectivity index (χ0) is 31.9. The summed E-state index contributed by atoms with van der Waals surface area (Å²) in [5.74, 6) is 0.232. The van der Waals surface area contributed by atoms with Crippen molar-refractivity contribution in [3.63, 3.8) is 0 Å². The Morgan fingerprint density at radius 1 is 0.956 bits per heavy atom. The van der Waals surface area contributed by atoms with Gasteiger partial charge in [-0.3, -0.25) is 9.36 Å². The third kappa shape index (κ3) is 5.64. The van der Waals surface area contributed by atoms with E-state index in [2.05, 4.69) is 0 Å². The number of nitrogens with zero attached hydrogens (tertiary/aromatic N) is 2. The number of halogens is 4. The van der Waals surface area contributed by atoms with Crippen LogP contribution in [0.3, 0.4) is 0 Å². The normalized spacial score (nSPS) is 14.4. The number of carbonyl (C=O) groups excluding carboxylic acids is 1. The Hall–Kier alpha value is -4.76. The molecule has 6 nitrogen and oxygen atoms in total. The van der Waals surface area contributed by atoms with Crippen molar-refractivity contribution >= 4 is 34.2 Å². The second kappa shape index (κ2) is 12.0. The molecule has 0 aliphatic carbocycles. The van der Waals surface area contributed by atoms with Gasteiger partial charge < -0.3 is 14.4 Å². The molecule has 5 aromatic rings. The molecule has 6 rings (SSSR count). The zero-order valence-electron chi connectivity index (χ0n) is 24.4. The minimum Gasteiger partial charge on any atom is -0.497 e. The van der Waals surface area contributed by atoms with Crippen molar-refractivity contribution in [2.24, 2.45) is 0 Å². The monoisotopic (exact) mass is 632 g/mol. The highest BCUT2D eigenvalue weighted by atomic mass is 35.5. The van der Waals surface area contributed by atoms with E-state index in [-0.39, 0.29) is 35.9 Å². The van der Waals surface area contributed by atoms with Gasteiger partial charge in [-0.05, 0) is 57.3 Å². The second-order valence-corrected chi connectivity index (χ2v) is 11.2. The van der Waals surface area contributed by atoms with Crippen LogP contribution in [0, 0.1) is 0 Å². The molecule has 2 heterocycles. The van der Waals surface area contributed by atoms with Crippen LogP contribution in [0.15, 0.2) is 95.8 Å². The summed E-state index contributed by atoms with van der Waals surface area (Å²) in [4.78, 5) is 29.0. The number of pyridine rings is 1. The lowest BCUT2D eigenvalue weighted by Crippen LogP contribution is -2.30. The fourth-order valence-electron chi connectivity index (χ4n) is 6.08. The van der Waals surface area contributed by atoms with Gasteiger partial charge in [0.05, 0.1) is 26.3 Å². The highest BCUT2D eigenvalue weighted by Crippen LogP contribution is 2.44. The first-order valence-corrected chi connectivity index (χ1v) is 14.6. The van der Waals surface area contributed by atoms with Crippen LogP contribution in [0.2, 0.25) is 5.02 Å². The highest BCUT2D eigenvalue weighted by Gasteiger charge is 2.40. The van der Waals surface area contributed by atoms with Gasteiger partial charge in [0.1, 0.15) is 16.6 Å². The molecule has 0 saturated carbocycles.